The molecule has 1 N–H and O–H groups in total. The molecule has 32 heavy (non-hydrogen) atoms. The molecular weight excluding hydrogens is 402 g/mol. The van der Waals surface area contributed by atoms with E-state index in [9.17, 15) is 14.9 Å². The molecule has 3 rings (SSSR count). The van der Waals surface area contributed by atoms with Crippen LogP contribution in [0.3, 0.4) is 0 Å². The van der Waals surface area contributed by atoms with Gasteiger partial charge in [-0.15, -0.1) is 0 Å². The van der Waals surface area contributed by atoms with Crippen LogP contribution < -0.4 is 5.32 Å². The van der Waals surface area contributed by atoms with Crippen LogP contribution in [0.15, 0.2) is 60.2 Å². The van der Waals surface area contributed by atoms with Crippen LogP contribution in [-0.2, 0) is 9.53 Å². The van der Waals surface area contributed by atoms with E-state index in [2.05, 4.69) is 9.88 Å². The van der Waals surface area contributed by atoms with Gasteiger partial charge in [0.25, 0.3) is 5.91 Å². The van der Waals surface area contributed by atoms with Gasteiger partial charge < -0.3 is 14.6 Å². The van der Waals surface area contributed by atoms with Crippen LogP contribution in [0, 0.1) is 32.1 Å². The molecule has 6 heteroatoms. The number of rotatable bonds is 6. The Bertz CT molecular complexity index is 1210. The van der Waals surface area contributed by atoms with E-state index in [1.165, 1.54) is 5.56 Å². The van der Waals surface area contributed by atoms with E-state index in [-0.39, 0.29) is 12.2 Å². The van der Waals surface area contributed by atoms with Gasteiger partial charge in [0.15, 0.2) is 0 Å². The van der Waals surface area contributed by atoms with Gasteiger partial charge in [-0.25, -0.2) is 4.79 Å². The maximum atomic E-state index is 12.7. The van der Waals surface area contributed by atoms with E-state index in [0.29, 0.717) is 11.3 Å². The van der Waals surface area contributed by atoms with Crippen molar-refractivity contribution in [1.82, 2.24) is 4.57 Å². The second kappa shape index (κ2) is 9.80. The molecule has 1 heterocycles. The normalized spacial score (nSPS) is 11.0. The summed E-state index contributed by atoms with van der Waals surface area (Å²) in [5.74, 6) is -0.941. The number of amides is 1. The van der Waals surface area contributed by atoms with Crippen molar-refractivity contribution in [2.24, 2.45) is 0 Å². The van der Waals surface area contributed by atoms with Gasteiger partial charge in [0, 0.05) is 22.8 Å². The summed E-state index contributed by atoms with van der Waals surface area (Å²) in [7, 11) is 0. The summed E-state index contributed by atoms with van der Waals surface area (Å²) in [5.41, 5.74) is 5.80. The third kappa shape index (κ3) is 4.96. The lowest BCUT2D eigenvalue weighted by Gasteiger charge is -2.10. The largest absolute Gasteiger partial charge is 0.462 e. The standard InChI is InChI=1S/C26H25N3O3/c1-5-32-26(31)20-8-10-23(11-9-20)28-25(30)22(16-27)15-21-14-18(3)29(19(21)4)24-12-6-17(2)7-13-24/h6-15H,5H2,1-4H3,(H,28,30)/b22-15+. The van der Waals surface area contributed by atoms with Crippen molar-refractivity contribution < 1.29 is 14.3 Å². The fraction of sp³-hybridized carbons (Fsp3) is 0.192. The second-order valence-corrected chi connectivity index (χ2v) is 7.42. The van der Waals surface area contributed by atoms with Gasteiger partial charge in [-0.2, -0.15) is 5.26 Å². The van der Waals surface area contributed by atoms with Crippen LogP contribution in [0.2, 0.25) is 0 Å². The van der Waals surface area contributed by atoms with Crippen molar-refractivity contribution in [3.63, 3.8) is 0 Å². The van der Waals surface area contributed by atoms with Crippen LogP contribution in [0.5, 0.6) is 0 Å². The maximum absolute atomic E-state index is 12.7. The van der Waals surface area contributed by atoms with Crippen LogP contribution in [0.1, 0.15) is 39.8 Å². The first-order valence-corrected chi connectivity index (χ1v) is 10.3. The molecule has 0 aliphatic rings. The minimum Gasteiger partial charge on any atom is -0.462 e. The van der Waals surface area contributed by atoms with Gasteiger partial charge in [0.2, 0.25) is 0 Å². The highest BCUT2D eigenvalue weighted by atomic mass is 16.5. The van der Waals surface area contributed by atoms with Crippen molar-refractivity contribution >= 4 is 23.6 Å². The first kappa shape index (κ1) is 22.6. The van der Waals surface area contributed by atoms with Gasteiger partial charge >= 0.3 is 5.97 Å². The van der Waals surface area contributed by atoms with Gasteiger partial charge in [0.1, 0.15) is 11.6 Å². The molecule has 0 aliphatic carbocycles. The maximum Gasteiger partial charge on any atom is 0.338 e. The summed E-state index contributed by atoms with van der Waals surface area (Å²) < 4.78 is 7.04. The number of esters is 1. The smallest absolute Gasteiger partial charge is 0.338 e. The topological polar surface area (TPSA) is 84.1 Å². The third-order valence-electron chi connectivity index (χ3n) is 5.08. The molecule has 1 amide bonds. The molecule has 162 valence electrons. The van der Waals surface area contributed by atoms with E-state index in [1.54, 1.807) is 37.3 Å². The number of aryl methyl sites for hydroxylation is 2. The predicted octanol–water partition coefficient (Wildman–Crippen LogP) is 5.12. The number of aromatic nitrogens is 1. The molecule has 0 spiro atoms. The number of hydrogen-bond donors (Lipinski definition) is 1. The van der Waals surface area contributed by atoms with Gasteiger partial charge in [-0.05, 0) is 81.8 Å². The number of ether oxygens (including phenoxy) is 1. The number of nitrogens with zero attached hydrogens (tertiary/aromatic N) is 2. The zero-order chi connectivity index (χ0) is 23.3. The molecule has 0 radical (unpaired) electrons. The monoisotopic (exact) mass is 427 g/mol. The summed E-state index contributed by atoms with van der Waals surface area (Å²) in [6.07, 6.45) is 1.59. The predicted molar refractivity (Wildman–Crippen MR) is 125 cm³/mol. The molecular formula is C26H25N3O3. The molecule has 0 unspecified atom stereocenters. The summed E-state index contributed by atoms with van der Waals surface area (Å²) in [5, 5.41) is 12.3. The van der Waals surface area contributed by atoms with Crippen molar-refractivity contribution in [3.05, 3.63) is 88.2 Å². The van der Waals surface area contributed by atoms with E-state index in [4.69, 9.17) is 4.74 Å². The summed E-state index contributed by atoms with van der Waals surface area (Å²) in [6, 6.07) is 18.5. The fourth-order valence-corrected chi connectivity index (χ4v) is 3.43. The number of anilines is 1. The molecule has 0 saturated carbocycles. The lowest BCUT2D eigenvalue weighted by Crippen LogP contribution is -2.13. The molecule has 1 aromatic heterocycles. The number of hydrogen-bond acceptors (Lipinski definition) is 4. The summed E-state index contributed by atoms with van der Waals surface area (Å²) >= 11 is 0. The third-order valence-corrected chi connectivity index (χ3v) is 5.08. The van der Waals surface area contributed by atoms with Gasteiger partial charge in [-0.1, -0.05) is 17.7 Å². The zero-order valence-electron chi connectivity index (χ0n) is 18.6. The Kier molecular flexibility index (Phi) is 6.91. The lowest BCUT2D eigenvalue weighted by atomic mass is 10.1. The van der Waals surface area contributed by atoms with E-state index in [0.717, 1.165) is 22.6 Å². The first-order valence-electron chi connectivity index (χ1n) is 10.3. The highest BCUT2D eigenvalue weighted by molar-refractivity contribution is 6.09. The number of carbonyl (C=O) groups excluding carboxylic acids is 2. The van der Waals surface area contributed by atoms with Gasteiger partial charge in [-0.3, -0.25) is 4.79 Å². The van der Waals surface area contributed by atoms with Crippen LogP contribution in [0.4, 0.5) is 5.69 Å². The average Bonchev–Trinajstić information content (AvgIpc) is 3.06. The highest BCUT2D eigenvalue weighted by Gasteiger charge is 2.14. The molecule has 3 aromatic rings. The van der Waals surface area contributed by atoms with Crippen molar-refractivity contribution in [3.8, 4) is 11.8 Å². The summed E-state index contributed by atoms with van der Waals surface area (Å²) in [4.78, 5) is 24.4. The molecule has 0 saturated heterocycles. The number of nitriles is 1. The first-order chi connectivity index (χ1) is 15.3. The number of carbonyl (C=O) groups is 2. The quantitative estimate of drug-likeness (QED) is 0.336. The Balaban J connectivity index is 1.82. The minimum atomic E-state index is -0.517. The van der Waals surface area contributed by atoms with Gasteiger partial charge in [0.05, 0.1) is 12.2 Å². The second-order valence-electron chi connectivity index (χ2n) is 7.42. The molecule has 0 fully saturated rings. The van der Waals surface area contributed by atoms with E-state index < -0.39 is 11.9 Å². The van der Waals surface area contributed by atoms with Crippen molar-refractivity contribution in [1.29, 1.82) is 5.26 Å². The highest BCUT2D eigenvalue weighted by Crippen LogP contribution is 2.23. The van der Waals surface area contributed by atoms with E-state index in [1.807, 2.05) is 57.2 Å². The Morgan fingerprint density at radius 2 is 1.72 bits per heavy atom. The average molecular weight is 428 g/mol. The molecule has 6 nitrogen and oxygen atoms in total. The van der Waals surface area contributed by atoms with Crippen LogP contribution in [0.25, 0.3) is 11.8 Å². The lowest BCUT2D eigenvalue weighted by molar-refractivity contribution is -0.112. The Hall–Kier alpha value is -4.11. The molecule has 0 aliphatic heterocycles. The fourth-order valence-electron chi connectivity index (χ4n) is 3.43. The molecule has 2 aromatic carbocycles. The van der Waals surface area contributed by atoms with Crippen molar-refractivity contribution in [2.75, 3.05) is 11.9 Å². The zero-order valence-corrected chi connectivity index (χ0v) is 18.6. The SMILES string of the molecule is CCOC(=O)c1ccc(NC(=O)/C(C#N)=C/c2cc(C)n(-c3ccc(C)cc3)c2C)cc1. The Morgan fingerprint density at radius 3 is 2.31 bits per heavy atom. The van der Waals surface area contributed by atoms with Crippen molar-refractivity contribution in [2.45, 2.75) is 27.7 Å². The number of benzene rings is 2. The number of nitrogens with one attached hydrogen (secondary N) is 1. The minimum absolute atomic E-state index is 0.0105. The summed E-state index contributed by atoms with van der Waals surface area (Å²) in [6.45, 7) is 8.01. The Morgan fingerprint density at radius 1 is 1.06 bits per heavy atom. The molecule has 0 bridgehead atoms. The Labute approximate surface area is 187 Å². The molecule has 0 atom stereocenters. The van der Waals surface area contributed by atoms with Crippen LogP contribution in [-0.4, -0.2) is 23.1 Å². The van der Waals surface area contributed by atoms with E-state index >= 15 is 0 Å². The van der Waals surface area contributed by atoms with Crippen LogP contribution >= 0.6 is 0 Å².